The summed E-state index contributed by atoms with van der Waals surface area (Å²) in [7, 11) is 0. The predicted molar refractivity (Wildman–Crippen MR) is 103 cm³/mol. The zero-order valence-corrected chi connectivity index (χ0v) is 16.8. The first kappa shape index (κ1) is 21.0. The predicted octanol–water partition coefficient (Wildman–Crippen LogP) is 4.09. The van der Waals surface area contributed by atoms with Crippen molar-refractivity contribution in [1.29, 1.82) is 0 Å². The van der Waals surface area contributed by atoms with Gasteiger partial charge in [0.15, 0.2) is 0 Å². The SMILES string of the molecule is C[C@@H](c1cc(-c2ccc(F)c(Cl)c2)no1)[C@](O)(Cn1cnnn1)c1ccc(F)cc1F. The molecule has 1 N–H and O–H groups in total. The molecule has 2 aromatic heterocycles. The van der Waals surface area contributed by atoms with Crippen molar-refractivity contribution in [2.24, 2.45) is 0 Å². The Bertz CT molecular complexity index is 1220. The van der Waals surface area contributed by atoms with Gasteiger partial charge in [-0.05, 0) is 34.7 Å². The van der Waals surface area contributed by atoms with Gasteiger partial charge in [0.2, 0.25) is 0 Å². The maximum absolute atomic E-state index is 14.6. The van der Waals surface area contributed by atoms with Gasteiger partial charge in [-0.2, -0.15) is 0 Å². The molecule has 0 aliphatic carbocycles. The Morgan fingerprint density at radius 2 is 1.94 bits per heavy atom. The van der Waals surface area contributed by atoms with E-state index in [4.69, 9.17) is 16.1 Å². The zero-order chi connectivity index (χ0) is 22.2. The molecule has 2 heterocycles. The zero-order valence-electron chi connectivity index (χ0n) is 16.0. The molecule has 4 aromatic rings. The van der Waals surface area contributed by atoms with Gasteiger partial charge in [0.1, 0.15) is 40.8 Å². The van der Waals surface area contributed by atoms with E-state index in [1.165, 1.54) is 35.3 Å². The third-order valence-corrected chi connectivity index (χ3v) is 5.37. The highest BCUT2D eigenvalue weighted by atomic mass is 35.5. The average molecular weight is 450 g/mol. The highest BCUT2D eigenvalue weighted by Gasteiger charge is 2.42. The van der Waals surface area contributed by atoms with Crippen LogP contribution >= 0.6 is 11.6 Å². The van der Waals surface area contributed by atoms with Crippen molar-refractivity contribution in [2.45, 2.75) is 25.0 Å². The van der Waals surface area contributed by atoms with Gasteiger partial charge in [-0.3, -0.25) is 0 Å². The van der Waals surface area contributed by atoms with Crippen LogP contribution in [0.25, 0.3) is 11.3 Å². The molecule has 0 radical (unpaired) electrons. The number of nitrogens with zero attached hydrogens (tertiary/aromatic N) is 5. The molecule has 0 saturated heterocycles. The van der Waals surface area contributed by atoms with E-state index in [0.717, 1.165) is 12.1 Å². The molecule has 0 saturated carbocycles. The Hall–Kier alpha value is -3.24. The van der Waals surface area contributed by atoms with Gasteiger partial charge in [-0.1, -0.05) is 29.7 Å². The van der Waals surface area contributed by atoms with Crippen LogP contribution in [0.4, 0.5) is 13.2 Å². The molecule has 2 aromatic carbocycles. The normalized spacial score (nSPS) is 14.4. The number of rotatable bonds is 6. The number of tetrazole rings is 1. The fourth-order valence-corrected chi connectivity index (χ4v) is 3.50. The highest BCUT2D eigenvalue weighted by molar-refractivity contribution is 6.31. The number of aliphatic hydroxyl groups is 1. The summed E-state index contributed by atoms with van der Waals surface area (Å²) in [5.74, 6) is -2.96. The van der Waals surface area contributed by atoms with Gasteiger partial charge >= 0.3 is 0 Å². The quantitative estimate of drug-likeness (QED) is 0.477. The van der Waals surface area contributed by atoms with Crippen LogP contribution < -0.4 is 0 Å². The van der Waals surface area contributed by atoms with E-state index >= 15 is 0 Å². The number of halogens is 4. The van der Waals surface area contributed by atoms with Crippen LogP contribution in [0.3, 0.4) is 0 Å². The summed E-state index contributed by atoms with van der Waals surface area (Å²) in [4.78, 5) is 0. The molecule has 160 valence electrons. The summed E-state index contributed by atoms with van der Waals surface area (Å²) in [5.41, 5.74) is -1.26. The molecular formula is C20H15ClF3N5O2. The second kappa shape index (κ2) is 8.12. The summed E-state index contributed by atoms with van der Waals surface area (Å²) in [6.07, 6.45) is 1.26. The molecule has 0 fully saturated rings. The maximum atomic E-state index is 14.6. The molecule has 0 spiro atoms. The first-order valence-corrected chi connectivity index (χ1v) is 9.46. The van der Waals surface area contributed by atoms with Crippen molar-refractivity contribution in [3.8, 4) is 11.3 Å². The first-order valence-electron chi connectivity index (χ1n) is 9.08. The minimum atomic E-state index is -1.93. The largest absolute Gasteiger partial charge is 0.382 e. The summed E-state index contributed by atoms with van der Waals surface area (Å²) >= 11 is 5.83. The lowest BCUT2D eigenvalue weighted by Gasteiger charge is -2.33. The van der Waals surface area contributed by atoms with Crippen LogP contribution in [-0.4, -0.2) is 30.5 Å². The highest BCUT2D eigenvalue weighted by Crippen LogP contribution is 2.40. The summed E-state index contributed by atoms with van der Waals surface area (Å²) in [6, 6.07) is 8.46. The average Bonchev–Trinajstić information content (AvgIpc) is 3.41. The Morgan fingerprint density at radius 1 is 1.13 bits per heavy atom. The van der Waals surface area contributed by atoms with E-state index in [1.54, 1.807) is 6.92 Å². The van der Waals surface area contributed by atoms with E-state index in [2.05, 4.69) is 20.7 Å². The Kier molecular flexibility index (Phi) is 5.50. The topological polar surface area (TPSA) is 89.9 Å². The fourth-order valence-electron chi connectivity index (χ4n) is 3.32. The van der Waals surface area contributed by atoms with Crippen LogP contribution in [0, 0.1) is 17.5 Å². The second-order valence-corrected chi connectivity index (χ2v) is 7.43. The van der Waals surface area contributed by atoms with Gasteiger partial charge in [0.25, 0.3) is 0 Å². The lowest BCUT2D eigenvalue weighted by molar-refractivity contribution is -0.0185. The van der Waals surface area contributed by atoms with Crippen LogP contribution in [0.2, 0.25) is 5.02 Å². The van der Waals surface area contributed by atoms with Gasteiger partial charge in [0, 0.05) is 23.3 Å². The third kappa shape index (κ3) is 4.04. The van der Waals surface area contributed by atoms with E-state index < -0.39 is 29.0 Å². The van der Waals surface area contributed by atoms with Gasteiger partial charge in [-0.15, -0.1) is 5.10 Å². The lowest BCUT2D eigenvalue weighted by atomic mass is 9.80. The van der Waals surface area contributed by atoms with Crippen LogP contribution in [-0.2, 0) is 12.1 Å². The number of aromatic nitrogens is 5. The molecular weight excluding hydrogens is 435 g/mol. The van der Waals surface area contributed by atoms with E-state index in [-0.39, 0.29) is 22.9 Å². The van der Waals surface area contributed by atoms with Gasteiger partial charge in [0.05, 0.1) is 17.5 Å². The Labute approximate surface area is 179 Å². The number of benzene rings is 2. The third-order valence-electron chi connectivity index (χ3n) is 5.08. The van der Waals surface area contributed by atoms with Crippen LogP contribution in [0.1, 0.15) is 24.2 Å². The van der Waals surface area contributed by atoms with Crippen molar-refractivity contribution in [3.63, 3.8) is 0 Å². The monoisotopic (exact) mass is 449 g/mol. The Balaban J connectivity index is 1.75. The lowest BCUT2D eigenvalue weighted by Crippen LogP contribution is -2.38. The van der Waals surface area contributed by atoms with Crippen LogP contribution in [0.15, 0.2) is 53.3 Å². The van der Waals surface area contributed by atoms with Crippen molar-refractivity contribution < 1.29 is 22.8 Å². The molecule has 0 amide bonds. The van der Waals surface area contributed by atoms with Crippen LogP contribution in [0.5, 0.6) is 0 Å². The minimum absolute atomic E-state index is 0.0846. The molecule has 4 rings (SSSR count). The molecule has 7 nitrogen and oxygen atoms in total. The Morgan fingerprint density at radius 3 is 2.61 bits per heavy atom. The van der Waals surface area contributed by atoms with Crippen molar-refractivity contribution in [1.82, 2.24) is 25.4 Å². The maximum Gasteiger partial charge on any atom is 0.143 e. The smallest absolute Gasteiger partial charge is 0.143 e. The molecule has 0 bridgehead atoms. The number of hydrogen-bond donors (Lipinski definition) is 1. The van der Waals surface area contributed by atoms with E-state index in [0.29, 0.717) is 17.3 Å². The second-order valence-electron chi connectivity index (χ2n) is 7.02. The summed E-state index contributed by atoms with van der Waals surface area (Å²) in [6.45, 7) is 1.34. The molecule has 2 atom stereocenters. The summed E-state index contributed by atoms with van der Waals surface area (Å²) in [5, 5.41) is 26.2. The standard InChI is InChI=1S/C20H15ClF3N5O2/c1-11(19-8-18(26-31-19)12-2-5-16(23)15(21)6-12)20(30,9-29-10-25-27-28-29)14-4-3-13(22)7-17(14)24/h2-8,10-11,30H,9H2,1H3/t11-,20+/m0/s1. The van der Waals surface area contributed by atoms with E-state index in [9.17, 15) is 18.3 Å². The molecule has 11 heteroatoms. The molecule has 31 heavy (non-hydrogen) atoms. The molecule has 0 unspecified atom stereocenters. The van der Waals surface area contributed by atoms with Gasteiger partial charge < -0.3 is 9.63 Å². The fraction of sp³-hybridized carbons (Fsp3) is 0.200. The summed E-state index contributed by atoms with van der Waals surface area (Å²) < 4.78 is 48.2. The van der Waals surface area contributed by atoms with E-state index in [1.807, 2.05) is 0 Å². The molecule has 0 aliphatic rings. The van der Waals surface area contributed by atoms with Gasteiger partial charge in [-0.25, -0.2) is 17.9 Å². The molecule has 0 aliphatic heterocycles. The van der Waals surface area contributed by atoms with Crippen molar-refractivity contribution in [2.75, 3.05) is 0 Å². The first-order chi connectivity index (χ1) is 14.8. The van der Waals surface area contributed by atoms with Crippen molar-refractivity contribution >= 4 is 11.6 Å². The van der Waals surface area contributed by atoms with Crippen molar-refractivity contribution in [3.05, 3.63) is 82.6 Å². The number of hydrogen-bond acceptors (Lipinski definition) is 6. The minimum Gasteiger partial charge on any atom is -0.382 e.